The molecule has 0 bridgehead atoms. The number of hydrogen-bond donors (Lipinski definition) is 2. The molecule has 0 saturated heterocycles. The Morgan fingerprint density at radius 2 is 2.29 bits per heavy atom. The number of rotatable bonds is 2. The number of carbonyl (C=O) groups excluding carboxylic acids is 1. The van der Waals surface area contributed by atoms with E-state index in [9.17, 15) is 4.79 Å². The van der Waals surface area contributed by atoms with Crippen LogP contribution in [-0.2, 0) is 0 Å². The molecule has 0 unspecified atom stereocenters. The van der Waals surface area contributed by atoms with Crippen molar-refractivity contribution >= 4 is 16.9 Å². The third kappa shape index (κ3) is 1.90. The van der Waals surface area contributed by atoms with E-state index in [0.29, 0.717) is 11.6 Å². The van der Waals surface area contributed by atoms with Crippen LogP contribution in [-0.4, -0.2) is 21.9 Å². The van der Waals surface area contributed by atoms with E-state index in [1.54, 1.807) is 6.33 Å². The average molecular weight is 229 g/mol. The van der Waals surface area contributed by atoms with E-state index in [4.69, 9.17) is 0 Å². The molecule has 1 saturated carbocycles. The molecule has 1 fully saturated rings. The van der Waals surface area contributed by atoms with Crippen molar-refractivity contribution in [1.82, 2.24) is 15.3 Å². The van der Waals surface area contributed by atoms with Crippen LogP contribution in [0, 0.1) is 5.92 Å². The van der Waals surface area contributed by atoms with Crippen LogP contribution in [0.3, 0.4) is 0 Å². The SMILES string of the molecule is CC1CC(NC(=O)c2ccc3nc[nH]c3c2)C1. The minimum absolute atomic E-state index is 0.0124. The Balaban J connectivity index is 1.76. The molecular weight excluding hydrogens is 214 g/mol. The third-order valence-corrected chi connectivity index (χ3v) is 3.39. The minimum Gasteiger partial charge on any atom is -0.349 e. The lowest BCUT2D eigenvalue weighted by Gasteiger charge is -2.33. The summed E-state index contributed by atoms with van der Waals surface area (Å²) in [5.41, 5.74) is 2.49. The van der Waals surface area contributed by atoms with Gasteiger partial charge in [0.05, 0.1) is 17.4 Å². The van der Waals surface area contributed by atoms with E-state index in [0.717, 1.165) is 29.8 Å². The van der Waals surface area contributed by atoms with Gasteiger partial charge in [0.25, 0.3) is 5.91 Å². The first-order valence-corrected chi connectivity index (χ1v) is 5.96. The fraction of sp³-hybridized carbons (Fsp3) is 0.385. The summed E-state index contributed by atoms with van der Waals surface area (Å²) in [5.74, 6) is 0.758. The molecule has 1 aromatic carbocycles. The molecule has 88 valence electrons. The number of nitrogens with one attached hydrogen (secondary N) is 2. The molecule has 0 radical (unpaired) electrons. The predicted octanol–water partition coefficient (Wildman–Crippen LogP) is 2.09. The first kappa shape index (κ1) is 10.3. The van der Waals surface area contributed by atoms with E-state index < -0.39 is 0 Å². The van der Waals surface area contributed by atoms with Gasteiger partial charge < -0.3 is 10.3 Å². The third-order valence-electron chi connectivity index (χ3n) is 3.39. The highest BCUT2D eigenvalue weighted by Crippen LogP contribution is 2.26. The quantitative estimate of drug-likeness (QED) is 0.828. The van der Waals surface area contributed by atoms with Gasteiger partial charge in [-0.15, -0.1) is 0 Å². The van der Waals surface area contributed by atoms with Crippen LogP contribution in [0.5, 0.6) is 0 Å². The smallest absolute Gasteiger partial charge is 0.251 e. The monoisotopic (exact) mass is 229 g/mol. The van der Waals surface area contributed by atoms with Crippen molar-refractivity contribution in [3.63, 3.8) is 0 Å². The Morgan fingerprint density at radius 1 is 1.47 bits per heavy atom. The number of aromatic nitrogens is 2. The van der Waals surface area contributed by atoms with E-state index in [1.807, 2.05) is 18.2 Å². The summed E-state index contributed by atoms with van der Waals surface area (Å²) in [5, 5.41) is 3.05. The van der Waals surface area contributed by atoms with Crippen molar-refractivity contribution in [3.05, 3.63) is 30.1 Å². The number of imidazole rings is 1. The van der Waals surface area contributed by atoms with E-state index >= 15 is 0 Å². The molecule has 4 nitrogen and oxygen atoms in total. The van der Waals surface area contributed by atoms with Gasteiger partial charge in [-0.2, -0.15) is 0 Å². The van der Waals surface area contributed by atoms with Crippen LogP contribution in [0.2, 0.25) is 0 Å². The maximum absolute atomic E-state index is 12.0. The Morgan fingerprint density at radius 3 is 3.06 bits per heavy atom. The maximum Gasteiger partial charge on any atom is 0.251 e. The van der Waals surface area contributed by atoms with Crippen molar-refractivity contribution in [2.75, 3.05) is 0 Å². The molecule has 1 aliphatic carbocycles. The zero-order chi connectivity index (χ0) is 11.8. The Bertz CT molecular complexity index is 555. The second-order valence-electron chi connectivity index (χ2n) is 4.88. The highest BCUT2D eigenvalue weighted by Gasteiger charge is 2.26. The van der Waals surface area contributed by atoms with E-state index in [-0.39, 0.29) is 5.91 Å². The second kappa shape index (κ2) is 3.87. The molecule has 4 heteroatoms. The molecule has 1 aromatic heterocycles. The van der Waals surface area contributed by atoms with Crippen LogP contribution < -0.4 is 5.32 Å². The molecule has 17 heavy (non-hydrogen) atoms. The standard InChI is InChI=1S/C13H15N3O/c1-8-4-10(5-8)16-13(17)9-2-3-11-12(6-9)15-7-14-11/h2-3,6-8,10H,4-5H2,1H3,(H,14,15)(H,16,17). The van der Waals surface area contributed by atoms with Gasteiger partial charge >= 0.3 is 0 Å². The van der Waals surface area contributed by atoms with Crippen molar-refractivity contribution in [2.45, 2.75) is 25.8 Å². The van der Waals surface area contributed by atoms with Crippen molar-refractivity contribution in [3.8, 4) is 0 Å². The van der Waals surface area contributed by atoms with Gasteiger partial charge in [-0.1, -0.05) is 6.92 Å². The fourth-order valence-corrected chi connectivity index (χ4v) is 2.37. The molecule has 2 aromatic rings. The maximum atomic E-state index is 12.0. The highest BCUT2D eigenvalue weighted by atomic mass is 16.1. The number of aromatic amines is 1. The Kier molecular flexibility index (Phi) is 2.35. The Hall–Kier alpha value is -1.84. The number of amides is 1. The number of nitrogens with zero attached hydrogens (tertiary/aromatic N) is 1. The van der Waals surface area contributed by atoms with Gasteiger partial charge in [0.15, 0.2) is 0 Å². The van der Waals surface area contributed by atoms with E-state index in [2.05, 4.69) is 22.2 Å². The fourth-order valence-electron chi connectivity index (χ4n) is 2.37. The van der Waals surface area contributed by atoms with Gasteiger partial charge in [-0.3, -0.25) is 4.79 Å². The topological polar surface area (TPSA) is 57.8 Å². The summed E-state index contributed by atoms with van der Waals surface area (Å²) >= 11 is 0. The predicted molar refractivity (Wildman–Crippen MR) is 65.7 cm³/mol. The first-order valence-electron chi connectivity index (χ1n) is 5.96. The lowest BCUT2D eigenvalue weighted by Crippen LogP contribution is -2.43. The molecule has 1 amide bonds. The molecule has 0 spiro atoms. The van der Waals surface area contributed by atoms with Gasteiger partial charge in [-0.25, -0.2) is 4.98 Å². The van der Waals surface area contributed by atoms with Gasteiger partial charge in [-0.05, 0) is 37.0 Å². The van der Waals surface area contributed by atoms with Crippen LogP contribution in [0.4, 0.5) is 0 Å². The molecular formula is C13H15N3O. The van der Waals surface area contributed by atoms with Crippen LogP contribution in [0.25, 0.3) is 11.0 Å². The summed E-state index contributed by atoms with van der Waals surface area (Å²) in [6.45, 7) is 2.21. The Labute approximate surface area is 99.4 Å². The summed E-state index contributed by atoms with van der Waals surface area (Å²) in [7, 11) is 0. The van der Waals surface area contributed by atoms with Crippen molar-refractivity contribution < 1.29 is 4.79 Å². The molecule has 1 aliphatic rings. The minimum atomic E-state index is 0.0124. The van der Waals surface area contributed by atoms with Crippen molar-refractivity contribution in [2.24, 2.45) is 5.92 Å². The van der Waals surface area contributed by atoms with E-state index in [1.165, 1.54) is 0 Å². The number of hydrogen-bond acceptors (Lipinski definition) is 2. The van der Waals surface area contributed by atoms with Gasteiger partial charge in [0.2, 0.25) is 0 Å². The molecule has 2 N–H and O–H groups in total. The number of benzene rings is 1. The zero-order valence-corrected chi connectivity index (χ0v) is 9.73. The lowest BCUT2D eigenvalue weighted by molar-refractivity contribution is 0.0896. The molecule has 0 atom stereocenters. The highest BCUT2D eigenvalue weighted by molar-refractivity contribution is 5.97. The zero-order valence-electron chi connectivity index (χ0n) is 9.73. The summed E-state index contributed by atoms with van der Waals surface area (Å²) in [6, 6.07) is 5.89. The number of fused-ring (bicyclic) bond motifs is 1. The summed E-state index contributed by atoms with van der Waals surface area (Å²) < 4.78 is 0. The second-order valence-corrected chi connectivity index (χ2v) is 4.88. The number of carbonyl (C=O) groups is 1. The molecule has 0 aliphatic heterocycles. The van der Waals surface area contributed by atoms with Crippen molar-refractivity contribution in [1.29, 1.82) is 0 Å². The first-order chi connectivity index (χ1) is 8.22. The van der Waals surface area contributed by atoms with Crippen LogP contribution in [0.15, 0.2) is 24.5 Å². The van der Waals surface area contributed by atoms with Crippen LogP contribution in [0.1, 0.15) is 30.1 Å². The summed E-state index contributed by atoms with van der Waals surface area (Å²) in [4.78, 5) is 19.1. The average Bonchev–Trinajstić information content (AvgIpc) is 2.73. The largest absolute Gasteiger partial charge is 0.349 e. The van der Waals surface area contributed by atoms with Crippen LogP contribution >= 0.6 is 0 Å². The summed E-state index contributed by atoms with van der Waals surface area (Å²) in [6.07, 6.45) is 3.83. The van der Waals surface area contributed by atoms with Gasteiger partial charge in [0.1, 0.15) is 0 Å². The molecule has 3 rings (SSSR count). The van der Waals surface area contributed by atoms with Gasteiger partial charge in [0, 0.05) is 11.6 Å². The lowest BCUT2D eigenvalue weighted by atomic mass is 9.82. The normalized spacial score (nSPS) is 23.4. The number of H-pyrrole nitrogens is 1. The molecule has 1 heterocycles.